The number of pyridine rings is 1. The van der Waals surface area contributed by atoms with E-state index in [0.29, 0.717) is 16.9 Å². The maximum atomic E-state index is 12.1. The average molecular weight is 343 g/mol. The van der Waals surface area contributed by atoms with Gasteiger partial charge in [-0.05, 0) is 29.8 Å². The molecule has 0 saturated heterocycles. The number of nitrogens with zero attached hydrogens (tertiary/aromatic N) is 1. The Morgan fingerprint density at radius 1 is 1.24 bits per heavy atom. The summed E-state index contributed by atoms with van der Waals surface area (Å²) in [4.78, 5) is 27.3. The van der Waals surface area contributed by atoms with E-state index in [4.69, 9.17) is 10.8 Å². The lowest BCUT2D eigenvalue weighted by Crippen LogP contribution is -2.18. The van der Waals surface area contributed by atoms with Gasteiger partial charge in [-0.25, -0.2) is 0 Å². The van der Waals surface area contributed by atoms with E-state index in [1.807, 2.05) is 0 Å². The first-order valence-corrected chi connectivity index (χ1v) is 7.84. The lowest BCUT2D eigenvalue weighted by Gasteiger charge is -2.15. The molecule has 2 unspecified atom stereocenters. The zero-order chi connectivity index (χ0) is 18.6. The lowest BCUT2D eigenvalue weighted by atomic mass is 9.92. The molecule has 2 atom stereocenters. The Hall–Kier alpha value is -3.09. The van der Waals surface area contributed by atoms with E-state index in [-0.39, 0.29) is 29.7 Å². The number of anilines is 2. The molecule has 1 amide bonds. The summed E-state index contributed by atoms with van der Waals surface area (Å²) in [6.07, 6.45) is 1.58. The van der Waals surface area contributed by atoms with Crippen molar-refractivity contribution < 1.29 is 19.8 Å². The van der Waals surface area contributed by atoms with Gasteiger partial charge in [0.2, 0.25) is 5.91 Å². The van der Waals surface area contributed by atoms with E-state index >= 15 is 0 Å². The molecule has 1 aromatic carbocycles. The summed E-state index contributed by atoms with van der Waals surface area (Å²) in [6, 6.07) is 8.05. The Bertz CT molecular complexity index is 774. The van der Waals surface area contributed by atoms with E-state index in [2.05, 4.69) is 10.3 Å². The lowest BCUT2D eigenvalue weighted by molar-refractivity contribution is -0.141. The van der Waals surface area contributed by atoms with Gasteiger partial charge in [0.15, 0.2) is 0 Å². The van der Waals surface area contributed by atoms with E-state index in [9.17, 15) is 14.7 Å². The molecular weight excluding hydrogens is 322 g/mol. The molecule has 0 bridgehead atoms. The Morgan fingerprint density at radius 2 is 1.96 bits per heavy atom. The molecule has 7 nitrogen and oxygen atoms in total. The molecule has 0 fully saturated rings. The Balaban J connectivity index is 1.99. The van der Waals surface area contributed by atoms with Gasteiger partial charge in [0.25, 0.3) is 0 Å². The minimum atomic E-state index is -0.876. The zero-order valence-corrected chi connectivity index (χ0v) is 14.1. The van der Waals surface area contributed by atoms with Gasteiger partial charge in [-0.3, -0.25) is 14.6 Å². The van der Waals surface area contributed by atoms with Crippen molar-refractivity contribution in [3.63, 3.8) is 0 Å². The van der Waals surface area contributed by atoms with Crippen LogP contribution in [0.2, 0.25) is 0 Å². The standard InChI is InChI=1S/C18H21N3O4/c1-10(11(2)18(24)25)15-6-4-13(9-20-15)21-17(23)8-12-3-5-14(19)16(22)7-12/h3-7,9-11,22H,8,19H2,1-2H3,(H,21,23)(H,24,25). The number of aliphatic carboxylic acids is 1. The number of aromatic nitrogens is 1. The molecule has 5 N–H and O–H groups in total. The maximum Gasteiger partial charge on any atom is 0.306 e. The van der Waals surface area contributed by atoms with Crippen molar-refractivity contribution in [3.05, 3.63) is 47.8 Å². The van der Waals surface area contributed by atoms with E-state index in [0.717, 1.165) is 0 Å². The number of phenolic OH excluding ortho intramolecular Hbond substituents is 1. The average Bonchev–Trinajstić information content (AvgIpc) is 2.57. The number of hydrogen-bond donors (Lipinski definition) is 4. The second-order valence-corrected chi connectivity index (χ2v) is 6.01. The van der Waals surface area contributed by atoms with Crippen LogP contribution in [0.5, 0.6) is 5.75 Å². The third-order valence-corrected chi connectivity index (χ3v) is 4.14. The number of amides is 1. The summed E-state index contributed by atoms with van der Waals surface area (Å²) in [5.41, 5.74) is 7.59. The van der Waals surface area contributed by atoms with Gasteiger partial charge in [-0.15, -0.1) is 0 Å². The first-order valence-electron chi connectivity index (χ1n) is 7.84. The smallest absolute Gasteiger partial charge is 0.306 e. The Kier molecular flexibility index (Phi) is 5.59. The predicted octanol–water partition coefficient (Wildman–Crippen LogP) is 2.37. The van der Waals surface area contributed by atoms with Crippen LogP contribution >= 0.6 is 0 Å². The Labute approximate surface area is 145 Å². The number of aromatic hydroxyl groups is 1. The molecule has 132 valence electrons. The fourth-order valence-electron chi connectivity index (χ4n) is 2.31. The van der Waals surface area contributed by atoms with Crippen LogP contribution in [0.3, 0.4) is 0 Å². The quantitative estimate of drug-likeness (QED) is 0.471. The van der Waals surface area contributed by atoms with Gasteiger partial charge < -0.3 is 21.3 Å². The van der Waals surface area contributed by atoms with Crippen molar-refractivity contribution in [2.24, 2.45) is 5.92 Å². The van der Waals surface area contributed by atoms with Crippen LogP contribution in [0.15, 0.2) is 36.5 Å². The van der Waals surface area contributed by atoms with Gasteiger partial charge in [0.05, 0.1) is 29.9 Å². The number of nitrogens with two attached hydrogens (primary N) is 1. The van der Waals surface area contributed by atoms with Gasteiger partial charge in [-0.1, -0.05) is 19.9 Å². The third-order valence-electron chi connectivity index (χ3n) is 4.14. The van der Waals surface area contributed by atoms with Gasteiger partial charge in [0, 0.05) is 11.6 Å². The topological polar surface area (TPSA) is 126 Å². The van der Waals surface area contributed by atoms with Crippen molar-refractivity contribution in [2.45, 2.75) is 26.2 Å². The van der Waals surface area contributed by atoms with Gasteiger partial charge >= 0.3 is 5.97 Å². The molecule has 7 heteroatoms. The molecule has 0 radical (unpaired) electrons. The number of carbonyl (C=O) groups excluding carboxylic acids is 1. The molecule has 0 saturated carbocycles. The predicted molar refractivity (Wildman–Crippen MR) is 94.3 cm³/mol. The second-order valence-electron chi connectivity index (χ2n) is 6.01. The normalized spacial score (nSPS) is 13.0. The fourth-order valence-corrected chi connectivity index (χ4v) is 2.31. The monoisotopic (exact) mass is 343 g/mol. The number of hydrogen-bond acceptors (Lipinski definition) is 5. The summed E-state index contributed by atoms with van der Waals surface area (Å²) < 4.78 is 0. The van der Waals surface area contributed by atoms with Crippen LogP contribution in [0.25, 0.3) is 0 Å². The summed E-state index contributed by atoms with van der Waals surface area (Å²) in [6.45, 7) is 3.43. The maximum absolute atomic E-state index is 12.1. The van der Waals surface area contributed by atoms with Crippen molar-refractivity contribution >= 4 is 23.3 Å². The third kappa shape index (κ3) is 4.69. The molecule has 0 aliphatic carbocycles. The highest BCUT2D eigenvalue weighted by Gasteiger charge is 2.21. The molecule has 1 aromatic heterocycles. The van der Waals surface area contributed by atoms with Crippen LogP contribution in [-0.2, 0) is 16.0 Å². The summed E-state index contributed by atoms with van der Waals surface area (Å²) in [5, 5.41) is 21.3. The van der Waals surface area contributed by atoms with Crippen molar-refractivity contribution in [1.29, 1.82) is 0 Å². The molecular formula is C18H21N3O4. The highest BCUT2D eigenvalue weighted by atomic mass is 16.4. The molecule has 1 heterocycles. The minimum Gasteiger partial charge on any atom is -0.506 e. The van der Waals surface area contributed by atoms with Crippen molar-refractivity contribution in [2.75, 3.05) is 11.1 Å². The first kappa shape index (κ1) is 18.3. The van der Waals surface area contributed by atoms with E-state index < -0.39 is 11.9 Å². The van der Waals surface area contributed by atoms with Gasteiger partial charge in [0.1, 0.15) is 5.75 Å². The molecule has 0 aliphatic rings. The molecule has 0 aliphatic heterocycles. The van der Waals surface area contributed by atoms with E-state index in [1.165, 1.54) is 12.3 Å². The number of nitrogen functional groups attached to an aromatic ring is 1. The summed E-state index contributed by atoms with van der Waals surface area (Å²) >= 11 is 0. The summed E-state index contributed by atoms with van der Waals surface area (Å²) in [5.74, 6) is -1.98. The number of benzene rings is 1. The number of carboxylic acid groups (broad SMARTS) is 1. The number of carboxylic acids is 1. The molecule has 2 aromatic rings. The van der Waals surface area contributed by atoms with Gasteiger partial charge in [-0.2, -0.15) is 0 Å². The number of phenols is 1. The molecule has 2 rings (SSSR count). The number of nitrogens with one attached hydrogen (secondary N) is 1. The van der Waals surface area contributed by atoms with Crippen LogP contribution in [0.4, 0.5) is 11.4 Å². The van der Waals surface area contributed by atoms with Crippen LogP contribution in [0, 0.1) is 5.92 Å². The number of carbonyl (C=O) groups is 2. The highest BCUT2D eigenvalue weighted by Crippen LogP contribution is 2.24. The van der Waals surface area contributed by atoms with Crippen LogP contribution in [-0.4, -0.2) is 27.1 Å². The van der Waals surface area contributed by atoms with Crippen molar-refractivity contribution in [3.8, 4) is 5.75 Å². The SMILES string of the molecule is CC(C(=O)O)C(C)c1ccc(NC(=O)Cc2ccc(N)c(O)c2)cn1. The highest BCUT2D eigenvalue weighted by molar-refractivity contribution is 5.92. The molecule has 0 spiro atoms. The second kappa shape index (κ2) is 7.65. The fraction of sp³-hybridized carbons (Fsp3) is 0.278. The zero-order valence-electron chi connectivity index (χ0n) is 14.1. The first-order chi connectivity index (χ1) is 11.8. The van der Waals surface area contributed by atoms with Crippen molar-refractivity contribution in [1.82, 2.24) is 4.98 Å². The molecule has 25 heavy (non-hydrogen) atoms. The van der Waals surface area contributed by atoms with Crippen LogP contribution in [0.1, 0.15) is 31.0 Å². The largest absolute Gasteiger partial charge is 0.506 e. The summed E-state index contributed by atoms with van der Waals surface area (Å²) in [7, 11) is 0. The Morgan fingerprint density at radius 3 is 2.52 bits per heavy atom. The van der Waals surface area contributed by atoms with E-state index in [1.54, 1.807) is 38.1 Å². The number of rotatable bonds is 6. The minimum absolute atomic E-state index is 0.0575. The van der Waals surface area contributed by atoms with Crippen LogP contribution < -0.4 is 11.1 Å².